The molecule has 0 amide bonds. The highest BCUT2D eigenvalue weighted by Crippen LogP contribution is 2.38. The number of tetrazole rings is 1. The molecule has 2 aromatic heterocycles. The van der Waals surface area contributed by atoms with Gasteiger partial charge in [-0.3, -0.25) is 0 Å². The third-order valence-electron chi connectivity index (χ3n) is 4.56. The Morgan fingerprint density at radius 1 is 1.10 bits per heavy atom. The van der Waals surface area contributed by atoms with Crippen molar-refractivity contribution in [1.82, 2.24) is 20.6 Å². The number of benzene rings is 2. The molecule has 0 fully saturated rings. The lowest BCUT2D eigenvalue weighted by Gasteiger charge is -2.09. The summed E-state index contributed by atoms with van der Waals surface area (Å²) in [6.45, 7) is 2.89. The van der Waals surface area contributed by atoms with Gasteiger partial charge in [-0.05, 0) is 58.7 Å². The average molecular weight is 425 g/mol. The van der Waals surface area contributed by atoms with Gasteiger partial charge in [0.2, 0.25) is 5.82 Å². The van der Waals surface area contributed by atoms with Crippen LogP contribution in [0.4, 0.5) is 0 Å². The first kappa shape index (κ1) is 19.6. The van der Waals surface area contributed by atoms with Gasteiger partial charge in [0.25, 0.3) is 0 Å². The maximum absolute atomic E-state index is 6.04. The number of thiophene rings is 1. The van der Waals surface area contributed by atoms with E-state index in [0.717, 1.165) is 52.6 Å². The molecule has 0 aliphatic heterocycles. The summed E-state index contributed by atoms with van der Waals surface area (Å²) < 4.78 is 5.91. The van der Waals surface area contributed by atoms with Crippen LogP contribution in [-0.4, -0.2) is 27.2 Å². The van der Waals surface area contributed by atoms with Crippen molar-refractivity contribution >= 4 is 22.9 Å². The van der Waals surface area contributed by atoms with Crippen molar-refractivity contribution in [3.63, 3.8) is 0 Å². The van der Waals surface area contributed by atoms with Gasteiger partial charge < -0.3 is 4.74 Å². The lowest BCUT2D eigenvalue weighted by Crippen LogP contribution is -1.96. The highest BCUT2D eigenvalue weighted by atomic mass is 35.5. The van der Waals surface area contributed by atoms with E-state index in [2.05, 4.69) is 57.9 Å². The lowest BCUT2D eigenvalue weighted by atomic mass is 10.0. The van der Waals surface area contributed by atoms with E-state index in [0.29, 0.717) is 5.82 Å². The molecule has 0 aliphatic carbocycles. The molecule has 0 saturated heterocycles. The second-order valence-electron chi connectivity index (χ2n) is 6.72. The quantitative estimate of drug-likeness (QED) is 0.351. The van der Waals surface area contributed by atoms with Crippen LogP contribution in [0.1, 0.15) is 30.2 Å². The molecule has 0 radical (unpaired) electrons. The normalized spacial score (nSPS) is 11.0. The van der Waals surface area contributed by atoms with Crippen molar-refractivity contribution in [2.45, 2.75) is 26.2 Å². The number of nitrogens with one attached hydrogen (secondary N) is 1. The highest BCUT2D eigenvalue weighted by molar-refractivity contribution is 7.16. The molecule has 4 rings (SSSR count). The van der Waals surface area contributed by atoms with Crippen LogP contribution in [0, 0.1) is 0 Å². The molecule has 0 spiro atoms. The first-order valence-electron chi connectivity index (χ1n) is 9.57. The maximum atomic E-state index is 6.04. The number of nitrogens with zero attached hydrogens (tertiary/aromatic N) is 3. The number of H-pyrrole nitrogens is 1. The van der Waals surface area contributed by atoms with Crippen molar-refractivity contribution < 1.29 is 4.74 Å². The van der Waals surface area contributed by atoms with Crippen LogP contribution in [0.5, 0.6) is 5.75 Å². The van der Waals surface area contributed by atoms with Crippen LogP contribution >= 0.6 is 22.9 Å². The summed E-state index contributed by atoms with van der Waals surface area (Å²) in [4.78, 5) is 2.22. The second kappa shape index (κ2) is 9.20. The van der Waals surface area contributed by atoms with Gasteiger partial charge >= 0.3 is 0 Å². The fourth-order valence-corrected chi connectivity index (χ4v) is 4.33. The number of unbranched alkanes of at least 4 members (excludes halogenated alkanes) is 1. The zero-order chi connectivity index (χ0) is 20.1. The van der Waals surface area contributed by atoms with Crippen LogP contribution in [0.15, 0.2) is 54.6 Å². The molecular weight excluding hydrogens is 404 g/mol. The van der Waals surface area contributed by atoms with Crippen LogP contribution in [0.25, 0.3) is 21.8 Å². The van der Waals surface area contributed by atoms with Gasteiger partial charge in [0.15, 0.2) is 0 Å². The minimum Gasteiger partial charge on any atom is -0.494 e. The van der Waals surface area contributed by atoms with Crippen molar-refractivity contribution in [3.05, 3.63) is 70.1 Å². The molecule has 0 unspecified atom stereocenters. The molecule has 0 saturated carbocycles. The van der Waals surface area contributed by atoms with Gasteiger partial charge in [0, 0.05) is 16.3 Å². The number of hydrogen-bond donors (Lipinski definition) is 1. The van der Waals surface area contributed by atoms with Gasteiger partial charge in [-0.15, -0.1) is 21.5 Å². The summed E-state index contributed by atoms with van der Waals surface area (Å²) in [5.74, 6) is 1.50. The summed E-state index contributed by atoms with van der Waals surface area (Å²) in [7, 11) is 0. The van der Waals surface area contributed by atoms with Gasteiger partial charge in [-0.2, -0.15) is 5.21 Å². The number of halogens is 1. The molecule has 0 bridgehead atoms. The first-order chi connectivity index (χ1) is 14.2. The van der Waals surface area contributed by atoms with Crippen LogP contribution < -0.4 is 4.74 Å². The third-order valence-corrected chi connectivity index (χ3v) is 5.95. The molecular formula is C22H21ClN4OS. The van der Waals surface area contributed by atoms with E-state index >= 15 is 0 Å². The van der Waals surface area contributed by atoms with Crippen LogP contribution in [0.2, 0.25) is 5.02 Å². The van der Waals surface area contributed by atoms with Gasteiger partial charge in [-0.25, -0.2) is 0 Å². The standard InChI is InChI=1S/C22H21ClN4OS/c1-2-3-11-28-18-6-4-5-16(13-18)19-14-21(22-24-26-27-25-22)29-20(19)12-15-7-9-17(23)10-8-15/h4-10,13-14H,2-3,11-12H2,1H3,(H,24,25,26,27). The summed E-state index contributed by atoms with van der Waals surface area (Å²) in [5, 5.41) is 15.3. The molecule has 2 heterocycles. The van der Waals surface area contributed by atoms with Gasteiger partial charge in [-0.1, -0.05) is 49.2 Å². The minimum atomic E-state index is 0.606. The summed E-state index contributed by atoms with van der Waals surface area (Å²) in [6, 6.07) is 18.3. The van der Waals surface area contributed by atoms with E-state index in [4.69, 9.17) is 16.3 Å². The number of hydrogen-bond acceptors (Lipinski definition) is 5. The number of rotatable bonds is 8. The van der Waals surface area contributed by atoms with E-state index in [9.17, 15) is 0 Å². The lowest BCUT2D eigenvalue weighted by molar-refractivity contribution is 0.309. The average Bonchev–Trinajstić information content (AvgIpc) is 3.40. The van der Waals surface area contributed by atoms with Crippen molar-refractivity contribution in [2.24, 2.45) is 0 Å². The van der Waals surface area contributed by atoms with Crippen LogP contribution in [-0.2, 0) is 6.42 Å². The van der Waals surface area contributed by atoms with Gasteiger partial charge in [0.1, 0.15) is 5.75 Å². The predicted molar refractivity (Wildman–Crippen MR) is 118 cm³/mol. The van der Waals surface area contributed by atoms with E-state index in [1.807, 2.05) is 24.3 Å². The molecule has 29 heavy (non-hydrogen) atoms. The van der Waals surface area contributed by atoms with Crippen LogP contribution in [0.3, 0.4) is 0 Å². The second-order valence-corrected chi connectivity index (χ2v) is 8.29. The Bertz CT molecular complexity index is 1060. The van der Waals surface area contributed by atoms with Crippen molar-refractivity contribution in [1.29, 1.82) is 0 Å². The van der Waals surface area contributed by atoms with E-state index in [1.54, 1.807) is 11.3 Å². The number of aromatic nitrogens is 4. The minimum absolute atomic E-state index is 0.606. The summed E-state index contributed by atoms with van der Waals surface area (Å²) in [6.07, 6.45) is 2.96. The molecule has 5 nitrogen and oxygen atoms in total. The largest absolute Gasteiger partial charge is 0.494 e. The number of aromatic amines is 1. The zero-order valence-electron chi connectivity index (χ0n) is 16.1. The van der Waals surface area contributed by atoms with Gasteiger partial charge in [0.05, 0.1) is 11.5 Å². The molecule has 2 aromatic carbocycles. The first-order valence-corrected chi connectivity index (χ1v) is 10.8. The molecule has 7 heteroatoms. The maximum Gasteiger partial charge on any atom is 0.214 e. The summed E-state index contributed by atoms with van der Waals surface area (Å²) in [5.41, 5.74) is 3.48. The molecule has 4 aromatic rings. The Hall–Kier alpha value is -2.70. The Labute approximate surface area is 178 Å². The van der Waals surface area contributed by atoms with Crippen molar-refractivity contribution in [3.8, 4) is 27.6 Å². The molecule has 148 valence electrons. The Morgan fingerprint density at radius 3 is 2.72 bits per heavy atom. The Kier molecular flexibility index (Phi) is 6.22. The topological polar surface area (TPSA) is 63.7 Å². The highest BCUT2D eigenvalue weighted by Gasteiger charge is 2.16. The van der Waals surface area contributed by atoms with E-state index in [1.165, 1.54) is 10.4 Å². The van der Waals surface area contributed by atoms with E-state index < -0.39 is 0 Å². The summed E-state index contributed by atoms with van der Waals surface area (Å²) >= 11 is 7.72. The third kappa shape index (κ3) is 4.83. The molecule has 0 aliphatic rings. The SMILES string of the molecule is CCCCOc1cccc(-c2cc(-c3nn[nH]n3)sc2Cc2ccc(Cl)cc2)c1. The predicted octanol–water partition coefficient (Wildman–Crippen LogP) is 6.02. The fourth-order valence-electron chi connectivity index (χ4n) is 3.06. The van der Waals surface area contributed by atoms with Crippen molar-refractivity contribution in [2.75, 3.05) is 6.61 Å². The fraction of sp³-hybridized carbons (Fsp3) is 0.227. The zero-order valence-corrected chi connectivity index (χ0v) is 17.6. The molecule has 0 atom stereocenters. The monoisotopic (exact) mass is 424 g/mol. The Morgan fingerprint density at radius 2 is 1.97 bits per heavy atom. The number of ether oxygens (including phenoxy) is 1. The van der Waals surface area contributed by atoms with E-state index in [-0.39, 0.29) is 0 Å². The smallest absolute Gasteiger partial charge is 0.214 e. The molecule has 1 N–H and O–H groups in total. The Balaban J connectivity index is 1.69.